The third kappa shape index (κ3) is 5.28. The summed E-state index contributed by atoms with van der Waals surface area (Å²) in [5.41, 5.74) is 1.15. The standard InChI is InChI=1S/C21H31N3O2.HI/c1-2-22-21(24-18-13-17-11-12-20(18)26-17)23-14-15-7-3-6-10-19(15)25-16-8-4-5-9-16;/h3,6-7,10,16-18,20H,2,4-5,8-9,11-14H2,1H3,(H2,22,23,24);1H. The Morgan fingerprint density at radius 1 is 1.19 bits per heavy atom. The molecule has 3 fully saturated rings. The van der Waals surface area contributed by atoms with E-state index in [1.165, 1.54) is 38.5 Å². The van der Waals surface area contributed by atoms with Crippen LogP contribution < -0.4 is 15.4 Å². The third-order valence-electron chi connectivity index (χ3n) is 5.75. The summed E-state index contributed by atoms with van der Waals surface area (Å²) in [7, 11) is 0. The van der Waals surface area contributed by atoms with E-state index in [1.54, 1.807) is 0 Å². The SMILES string of the molecule is CCNC(=NCc1ccccc1OC1CCCC1)NC1CC2CCC1O2.I. The molecule has 2 aliphatic heterocycles. The molecule has 1 aliphatic carbocycles. The van der Waals surface area contributed by atoms with Gasteiger partial charge in [-0.3, -0.25) is 0 Å². The number of nitrogens with one attached hydrogen (secondary N) is 2. The maximum atomic E-state index is 6.24. The summed E-state index contributed by atoms with van der Waals surface area (Å²) in [4.78, 5) is 4.82. The first-order valence-corrected chi connectivity index (χ1v) is 10.3. The number of benzene rings is 1. The lowest BCUT2D eigenvalue weighted by Crippen LogP contribution is -2.47. The predicted octanol–water partition coefficient (Wildman–Crippen LogP) is 4.00. The molecule has 1 aromatic rings. The Morgan fingerprint density at radius 3 is 2.70 bits per heavy atom. The number of aliphatic imine (C=N–C) groups is 1. The minimum Gasteiger partial charge on any atom is -0.490 e. The molecule has 3 atom stereocenters. The van der Waals surface area contributed by atoms with E-state index in [0.717, 1.165) is 30.2 Å². The maximum Gasteiger partial charge on any atom is 0.191 e. The zero-order valence-electron chi connectivity index (χ0n) is 16.2. The largest absolute Gasteiger partial charge is 0.490 e. The fourth-order valence-corrected chi connectivity index (χ4v) is 4.38. The fraction of sp³-hybridized carbons (Fsp3) is 0.667. The molecule has 4 rings (SSSR count). The summed E-state index contributed by atoms with van der Waals surface area (Å²) in [6, 6.07) is 8.70. The molecule has 150 valence electrons. The van der Waals surface area contributed by atoms with E-state index in [9.17, 15) is 0 Å². The zero-order valence-corrected chi connectivity index (χ0v) is 18.5. The van der Waals surface area contributed by atoms with Crippen molar-refractivity contribution in [3.8, 4) is 5.75 Å². The van der Waals surface area contributed by atoms with Crippen molar-refractivity contribution >= 4 is 29.9 Å². The van der Waals surface area contributed by atoms with E-state index in [1.807, 2.05) is 6.07 Å². The second kappa shape index (κ2) is 9.96. The van der Waals surface area contributed by atoms with Crippen LogP contribution in [0.15, 0.2) is 29.3 Å². The van der Waals surface area contributed by atoms with Crippen molar-refractivity contribution in [2.45, 2.75) is 82.8 Å². The maximum absolute atomic E-state index is 6.24. The van der Waals surface area contributed by atoms with Crippen molar-refractivity contribution in [3.63, 3.8) is 0 Å². The lowest BCUT2D eigenvalue weighted by atomic mass is 9.96. The number of hydrogen-bond donors (Lipinski definition) is 2. The molecule has 0 amide bonds. The minimum absolute atomic E-state index is 0. The third-order valence-corrected chi connectivity index (χ3v) is 5.75. The molecule has 2 heterocycles. The quantitative estimate of drug-likeness (QED) is 0.364. The van der Waals surface area contributed by atoms with E-state index in [4.69, 9.17) is 14.5 Å². The van der Waals surface area contributed by atoms with Crippen LogP contribution in [0.5, 0.6) is 5.75 Å². The summed E-state index contributed by atoms with van der Waals surface area (Å²) in [5, 5.41) is 6.96. The number of fused-ring (bicyclic) bond motifs is 2. The molecular formula is C21H32IN3O2. The highest BCUT2D eigenvalue weighted by Gasteiger charge is 2.41. The second-order valence-corrected chi connectivity index (χ2v) is 7.69. The highest BCUT2D eigenvalue weighted by atomic mass is 127. The van der Waals surface area contributed by atoms with E-state index in [0.29, 0.717) is 30.9 Å². The van der Waals surface area contributed by atoms with E-state index >= 15 is 0 Å². The van der Waals surface area contributed by atoms with Crippen LogP contribution in [0.2, 0.25) is 0 Å². The number of ether oxygens (including phenoxy) is 2. The van der Waals surface area contributed by atoms with Crippen LogP contribution in [0.1, 0.15) is 57.4 Å². The molecule has 2 saturated heterocycles. The van der Waals surface area contributed by atoms with Crippen molar-refractivity contribution in [1.29, 1.82) is 0 Å². The van der Waals surface area contributed by atoms with Gasteiger partial charge in [-0.25, -0.2) is 4.99 Å². The molecule has 0 spiro atoms. The van der Waals surface area contributed by atoms with E-state index in [2.05, 4.69) is 35.8 Å². The Bertz CT molecular complexity index is 634. The monoisotopic (exact) mass is 485 g/mol. The van der Waals surface area contributed by atoms with Gasteiger partial charge in [0.05, 0.1) is 30.9 Å². The van der Waals surface area contributed by atoms with Gasteiger partial charge in [-0.05, 0) is 57.9 Å². The van der Waals surface area contributed by atoms with Gasteiger partial charge in [0.25, 0.3) is 0 Å². The number of guanidine groups is 1. The summed E-state index contributed by atoms with van der Waals surface area (Å²) in [6.07, 6.45) is 9.55. The molecule has 3 aliphatic rings. The Labute approximate surface area is 179 Å². The van der Waals surface area contributed by atoms with Crippen LogP contribution in [0, 0.1) is 0 Å². The average molecular weight is 485 g/mol. The smallest absolute Gasteiger partial charge is 0.191 e. The van der Waals surface area contributed by atoms with Crippen molar-refractivity contribution in [3.05, 3.63) is 29.8 Å². The Morgan fingerprint density at radius 2 is 2.00 bits per heavy atom. The van der Waals surface area contributed by atoms with Crippen LogP contribution in [0.4, 0.5) is 0 Å². The Hall–Kier alpha value is -1.02. The highest BCUT2D eigenvalue weighted by molar-refractivity contribution is 14.0. The Kier molecular flexibility index (Phi) is 7.64. The molecule has 2 bridgehead atoms. The topological polar surface area (TPSA) is 54.9 Å². The van der Waals surface area contributed by atoms with Crippen LogP contribution in [-0.2, 0) is 11.3 Å². The van der Waals surface area contributed by atoms with Gasteiger partial charge in [0.15, 0.2) is 5.96 Å². The second-order valence-electron chi connectivity index (χ2n) is 7.69. The number of halogens is 1. The number of nitrogens with zero attached hydrogens (tertiary/aromatic N) is 1. The van der Waals surface area contributed by atoms with Gasteiger partial charge in [0.1, 0.15) is 5.75 Å². The first-order chi connectivity index (χ1) is 12.8. The van der Waals surface area contributed by atoms with Gasteiger partial charge in [0, 0.05) is 12.1 Å². The molecule has 27 heavy (non-hydrogen) atoms. The molecule has 1 aromatic carbocycles. The Balaban J connectivity index is 0.00000210. The average Bonchev–Trinajstić information content (AvgIpc) is 3.39. The molecule has 2 N–H and O–H groups in total. The number of para-hydroxylation sites is 1. The van der Waals surface area contributed by atoms with Crippen molar-refractivity contribution in [2.75, 3.05) is 6.54 Å². The lowest BCUT2D eigenvalue weighted by molar-refractivity contribution is 0.0992. The number of hydrogen-bond acceptors (Lipinski definition) is 3. The molecule has 3 unspecified atom stereocenters. The van der Waals surface area contributed by atoms with Crippen molar-refractivity contribution in [1.82, 2.24) is 10.6 Å². The van der Waals surface area contributed by atoms with E-state index < -0.39 is 0 Å². The minimum atomic E-state index is 0. The summed E-state index contributed by atoms with van der Waals surface area (Å²) in [6.45, 7) is 3.58. The van der Waals surface area contributed by atoms with Gasteiger partial charge in [-0.1, -0.05) is 18.2 Å². The normalized spacial score (nSPS) is 27.4. The molecule has 0 radical (unpaired) electrons. The number of rotatable bonds is 6. The first kappa shape index (κ1) is 20.7. The summed E-state index contributed by atoms with van der Waals surface area (Å²) < 4.78 is 12.2. The molecule has 6 heteroatoms. The van der Waals surface area contributed by atoms with Gasteiger partial charge in [-0.15, -0.1) is 24.0 Å². The predicted molar refractivity (Wildman–Crippen MR) is 119 cm³/mol. The molecule has 1 saturated carbocycles. The van der Waals surface area contributed by atoms with Gasteiger partial charge in [-0.2, -0.15) is 0 Å². The zero-order chi connectivity index (χ0) is 17.8. The summed E-state index contributed by atoms with van der Waals surface area (Å²) >= 11 is 0. The van der Waals surface area contributed by atoms with Gasteiger partial charge in [0.2, 0.25) is 0 Å². The fourth-order valence-electron chi connectivity index (χ4n) is 4.38. The van der Waals surface area contributed by atoms with Gasteiger partial charge >= 0.3 is 0 Å². The van der Waals surface area contributed by atoms with Crippen LogP contribution in [0.25, 0.3) is 0 Å². The van der Waals surface area contributed by atoms with Crippen molar-refractivity contribution < 1.29 is 9.47 Å². The van der Waals surface area contributed by atoms with E-state index in [-0.39, 0.29) is 24.0 Å². The lowest BCUT2D eigenvalue weighted by Gasteiger charge is -2.23. The molecular weight excluding hydrogens is 453 g/mol. The first-order valence-electron chi connectivity index (χ1n) is 10.3. The van der Waals surface area contributed by atoms with Crippen LogP contribution >= 0.6 is 24.0 Å². The van der Waals surface area contributed by atoms with Crippen LogP contribution in [0.3, 0.4) is 0 Å². The molecule has 5 nitrogen and oxygen atoms in total. The highest BCUT2D eigenvalue weighted by Crippen LogP contribution is 2.34. The van der Waals surface area contributed by atoms with Gasteiger partial charge < -0.3 is 20.1 Å². The molecule has 0 aromatic heterocycles. The summed E-state index contributed by atoms with van der Waals surface area (Å²) in [5.74, 6) is 1.87. The van der Waals surface area contributed by atoms with Crippen molar-refractivity contribution in [2.24, 2.45) is 4.99 Å². The van der Waals surface area contributed by atoms with Crippen LogP contribution in [-0.4, -0.2) is 36.9 Å².